The van der Waals surface area contributed by atoms with Crippen LogP contribution >= 0.6 is 0 Å². The minimum absolute atomic E-state index is 0.0471. The van der Waals surface area contributed by atoms with Gasteiger partial charge in [-0.2, -0.15) is 13.2 Å². The van der Waals surface area contributed by atoms with E-state index >= 15 is 0 Å². The third-order valence-electron chi connectivity index (χ3n) is 5.58. The van der Waals surface area contributed by atoms with E-state index in [1.165, 1.54) is 12.8 Å². The molecule has 3 fully saturated rings. The molecule has 158 valence electrons. The number of carboxylic acids is 1. The summed E-state index contributed by atoms with van der Waals surface area (Å²) in [6.45, 7) is 1.59. The molecule has 29 heavy (non-hydrogen) atoms. The number of alkyl halides is 3. The van der Waals surface area contributed by atoms with E-state index in [9.17, 15) is 22.8 Å². The Morgan fingerprint density at radius 2 is 2.00 bits per heavy atom. The van der Waals surface area contributed by atoms with Crippen molar-refractivity contribution in [3.05, 3.63) is 24.5 Å². The number of carbonyl (C=O) groups is 3. The number of carboxylic acid groups (broad SMARTS) is 1. The largest absolute Gasteiger partial charge is 0.490 e. The summed E-state index contributed by atoms with van der Waals surface area (Å²) in [5, 5.41) is 10.1. The van der Waals surface area contributed by atoms with Gasteiger partial charge in [0.05, 0.1) is 11.9 Å². The van der Waals surface area contributed by atoms with Crippen molar-refractivity contribution >= 4 is 23.5 Å². The van der Waals surface area contributed by atoms with Gasteiger partial charge in [0, 0.05) is 37.0 Å². The van der Waals surface area contributed by atoms with Crippen LogP contribution in [0.25, 0.3) is 0 Å². The Labute approximate surface area is 165 Å². The van der Waals surface area contributed by atoms with Gasteiger partial charge in [0.15, 0.2) is 0 Å². The number of likely N-dealkylation sites (tertiary alicyclic amines) is 1. The highest BCUT2D eigenvalue weighted by molar-refractivity contribution is 5.95. The Hall–Kier alpha value is -2.65. The first-order valence-electron chi connectivity index (χ1n) is 9.39. The number of aromatic nitrogens is 1. The summed E-state index contributed by atoms with van der Waals surface area (Å²) in [6, 6.07) is 3.66. The molecule has 2 saturated carbocycles. The number of anilines is 1. The molecular weight excluding hydrogens is 391 g/mol. The quantitative estimate of drug-likeness (QED) is 0.791. The molecule has 1 aromatic rings. The highest BCUT2D eigenvalue weighted by Crippen LogP contribution is 2.59. The molecule has 2 atom stereocenters. The summed E-state index contributed by atoms with van der Waals surface area (Å²) in [5.41, 5.74) is 0.792. The van der Waals surface area contributed by atoms with Crippen LogP contribution in [0.1, 0.15) is 32.1 Å². The monoisotopic (exact) mass is 413 g/mol. The molecule has 2 aliphatic carbocycles. The number of hydrogen-bond donors (Lipinski definition) is 2. The molecule has 1 aliphatic heterocycles. The Bertz CT molecular complexity index is 783. The minimum atomic E-state index is -5.08. The molecule has 0 bridgehead atoms. The molecule has 0 radical (unpaired) electrons. The van der Waals surface area contributed by atoms with Gasteiger partial charge in [0.1, 0.15) is 0 Å². The first-order valence-corrected chi connectivity index (χ1v) is 9.39. The van der Waals surface area contributed by atoms with Crippen molar-refractivity contribution in [3.63, 3.8) is 0 Å². The Morgan fingerprint density at radius 1 is 1.31 bits per heavy atom. The van der Waals surface area contributed by atoms with Crippen molar-refractivity contribution in [1.29, 1.82) is 0 Å². The zero-order valence-corrected chi connectivity index (χ0v) is 15.6. The standard InChI is InChI=1S/C17H21N3O2.C2HF3O2/c21-15(8-12-3-4-12)20-7-5-17(11-20)9-14(17)16(22)19-13-2-1-6-18-10-13;3-2(4,5)1(6)7/h1-2,6,10,12,14H,3-5,7-9,11H2,(H,19,22);(H,6,7). The molecule has 2 N–H and O–H groups in total. The molecule has 2 unspecified atom stereocenters. The molecule has 7 nitrogen and oxygen atoms in total. The van der Waals surface area contributed by atoms with Crippen LogP contribution in [0.3, 0.4) is 0 Å². The fourth-order valence-electron chi connectivity index (χ4n) is 3.64. The SMILES string of the molecule is O=C(Nc1cccnc1)C1CC12CCN(C(=O)CC1CC1)C2.O=C(O)C(F)(F)F. The molecule has 1 spiro atoms. The Kier molecular flexibility index (Phi) is 5.81. The molecule has 0 aromatic carbocycles. The van der Waals surface area contributed by atoms with Crippen molar-refractivity contribution < 1.29 is 32.7 Å². The van der Waals surface area contributed by atoms with Crippen LogP contribution in [0, 0.1) is 17.3 Å². The number of halogens is 3. The van der Waals surface area contributed by atoms with Crippen LogP contribution in [-0.2, 0) is 14.4 Å². The number of pyridine rings is 1. The summed E-state index contributed by atoms with van der Waals surface area (Å²) in [6.07, 6.45) is 3.27. The lowest BCUT2D eigenvalue weighted by molar-refractivity contribution is -0.192. The third kappa shape index (κ3) is 5.45. The van der Waals surface area contributed by atoms with Crippen LogP contribution < -0.4 is 5.32 Å². The second kappa shape index (κ2) is 8.00. The van der Waals surface area contributed by atoms with E-state index in [4.69, 9.17) is 9.90 Å². The second-order valence-corrected chi connectivity index (χ2v) is 7.87. The normalized spacial score (nSPS) is 25.2. The number of nitrogens with one attached hydrogen (secondary N) is 1. The number of aliphatic carboxylic acids is 1. The van der Waals surface area contributed by atoms with Gasteiger partial charge in [-0.3, -0.25) is 14.6 Å². The average molecular weight is 413 g/mol. The second-order valence-electron chi connectivity index (χ2n) is 7.87. The van der Waals surface area contributed by atoms with E-state index in [0.29, 0.717) is 12.3 Å². The van der Waals surface area contributed by atoms with Gasteiger partial charge >= 0.3 is 12.1 Å². The maximum absolute atomic E-state index is 12.4. The van der Waals surface area contributed by atoms with Gasteiger partial charge in [-0.05, 0) is 43.7 Å². The topological polar surface area (TPSA) is 99.6 Å². The van der Waals surface area contributed by atoms with E-state index in [-0.39, 0.29) is 23.1 Å². The molecule has 3 aliphatic rings. The number of carbonyl (C=O) groups excluding carboxylic acids is 2. The molecule has 10 heteroatoms. The van der Waals surface area contributed by atoms with Gasteiger partial charge in [0.2, 0.25) is 11.8 Å². The van der Waals surface area contributed by atoms with Gasteiger partial charge in [-0.1, -0.05) is 0 Å². The van der Waals surface area contributed by atoms with Crippen molar-refractivity contribution in [2.45, 2.75) is 38.3 Å². The zero-order chi connectivity index (χ0) is 21.2. The molecule has 4 rings (SSSR count). The number of nitrogens with zero attached hydrogens (tertiary/aromatic N) is 2. The smallest absolute Gasteiger partial charge is 0.475 e. The minimum Gasteiger partial charge on any atom is -0.475 e. The van der Waals surface area contributed by atoms with Crippen molar-refractivity contribution in [2.75, 3.05) is 18.4 Å². The number of hydrogen-bond acceptors (Lipinski definition) is 4. The molecular formula is C19H22F3N3O4. The highest BCUT2D eigenvalue weighted by Gasteiger charge is 2.61. The van der Waals surface area contributed by atoms with Gasteiger partial charge in [-0.25, -0.2) is 4.79 Å². The number of rotatable bonds is 4. The Balaban J connectivity index is 0.000000298. The van der Waals surface area contributed by atoms with Crippen LogP contribution in [0.2, 0.25) is 0 Å². The summed E-state index contributed by atoms with van der Waals surface area (Å²) in [4.78, 5) is 39.4. The lowest BCUT2D eigenvalue weighted by atomic mass is 10.0. The van der Waals surface area contributed by atoms with Gasteiger partial charge in [0.25, 0.3) is 0 Å². The van der Waals surface area contributed by atoms with Gasteiger partial charge in [-0.15, -0.1) is 0 Å². The summed E-state index contributed by atoms with van der Waals surface area (Å²) in [7, 11) is 0. The van der Waals surface area contributed by atoms with Crippen molar-refractivity contribution in [3.8, 4) is 0 Å². The Morgan fingerprint density at radius 3 is 2.55 bits per heavy atom. The van der Waals surface area contributed by atoms with E-state index in [1.54, 1.807) is 12.4 Å². The molecule has 2 amide bonds. The third-order valence-corrected chi connectivity index (χ3v) is 5.58. The van der Waals surface area contributed by atoms with Crippen LogP contribution in [-0.4, -0.2) is 52.0 Å². The lowest BCUT2D eigenvalue weighted by Gasteiger charge is -2.16. The van der Waals surface area contributed by atoms with E-state index in [2.05, 4.69) is 10.3 Å². The van der Waals surface area contributed by atoms with E-state index < -0.39 is 12.1 Å². The average Bonchev–Trinajstić information content (AvgIpc) is 3.54. The fourth-order valence-corrected chi connectivity index (χ4v) is 3.64. The van der Waals surface area contributed by atoms with Crippen LogP contribution in [0.5, 0.6) is 0 Å². The van der Waals surface area contributed by atoms with E-state index in [0.717, 1.165) is 31.6 Å². The molecule has 2 heterocycles. The molecule has 1 aromatic heterocycles. The predicted molar refractivity (Wildman–Crippen MR) is 95.6 cm³/mol. The maximum atomic E-state index is 12.4. The van der Waals surface area contributed by atoms with Crippen molar-refractivity contribution in [2.24, 2.45) is 17.3 Å². The van der Waals surface area contributed by atoms with Gasteiger partial charge < -0.3 is 15.3 Å². The lowest BCUT2D eigenvalue weighted by Crippen LogP contribution is -2.30. The summed E-state index contributed by atoms with van der Waals surface area (Å²) < 4.78 is 31.7. The predicted octanol–water partition coefficient (Wildman–Crippen LogP) is 2.69. The van der Waals surface area contributed by atoms with E-state index in [1.807, 2.05) is 17.0 Å². The van der Waals surface area contributed by atoms with Crippen LogP contribution in [0.4, 0.5) is 18.9 Å². The fraction of sp³-hybridized carbons (Fsp3) is 0.579. The first kappa shape index (κ1) is 21.1. The zero-order valence-electron chi connectivity index (χ0n) is 15.6. The maximum Gasteiger partial charge on any atom is 0.490 e. The number of amides is 2. The first-order chi connectivity index (χ1) is 13.6. The van der Waals surface area contributed by atoms with Crippen molar-refractivity contribution in [1.82, 2.24) is 9.88 Å². The molecule has 1 saturated heterocycles. The van der Waals surface area contributed by atoms with Crippen LogP contribution in [0.15, 0.2) is 24.5 Å². The highest BCUT2D eigenvalue weighted by atomic mass is 19.4. The summed E-state index contributed by atoms with van der Waals surface area (Å²) in [5.74, 6) is -1.71. The summed E-state index contributed by atoms with van der Waals surface area (Å²) >= 11 is 0.